The molecular weight excluding hydrogens is 368 g/mol. The minimum Gasteiger partial charge on any atom is -0.356 e. The lowest BCUT2D eigenvalue weighted by Gasteiger charge is -2.12. The van der Waals surface area contributed by atoms with E-state index in [0.29, 0.717) is 14.2 Å². The summed E-state index contributed by atoms with van der Waals surface area (Å²) in [4.78, 5) is 0. The third-order valence-electron chi connectivity index (χ3n) is 1.89. The van der Waals surface area contributed by atoms with Crippen molar-refractivity contribution in [3.63, 3.8) is 0 Å². The van der Waals surface area contributed by atoms with Crippen LogP contribution in [0.2, 0.25) is 0 Å². The maximum absolute atomic E-state index is 5.48. The van der Waals surface area contributed by atoms with Gasteiger partial charge in [0.05, 0.1) is 6.61 Å². The third-order valence-corrected chi connectivity index (χ3v) is 2.61. The molecule has 1 unspecified atom stereocenters. The number of hydrogen-bond acceptors (Lipinski definition) is 2. The van der Waals surface area contributed by atoms with E-state index in [9.17, 15) is 0 Å². The Morgan fingerprint density at radius 2 is 2.27 bits per heavy atom. The summed E-state index contributed by atoms with van der Waals surface area (Å²) in [7, 11) is 0. The van der Waals surface area contributed by atoms with Crippen LogP contribution < -0.4 is 5.32 Å². The van der Waals surface area contributed by atoms with Crippen molar-refractivity contribution in [3.8, 4) is 0 Å². The topological polar surface area (TPSA) is 21.3 Å². The van der Waals surface area contributed by atoms with Crippen molar-refractivity contribution in [1.29, 1.82) is 0 Å². The van der Waals surface area contributed by atoms with E-state index >= 15 is 0 Å². The number of halogens is 2. The average Bonchev–Trinajstić information content (AvgIpc) is 2.31. The highest BCUT2D eigenvalue weighted by atomic mass is 127. The second-order valence-corrected chi connectivity index (χ2v) is 7.58. The highest BCUT2D eigenvalue weighted by molar-refractivity contribution is 14.2. The van der Waals surface area contributed by atoms with Gasteiger partial charge in [-0.15, -0.1) is 0 Å². The zero-order valence-corrected chi connectivity index (χ0v) is 10.8. The smallest absolute Gasteiger partial charge is 0.159 e. The lowest BCUT2D eigenvalue weighted by Crippen LogP contribution is -2.31. The molecule has 0 amide bonds. The Balaban J connectivity index is 2.08. The number of rotatable bonds is 3. The first-order valence-electron chi connectivity index (χ1n) is 3.84. The van der Waals surface area contributed by atoms with Crippen LogP contribution in [-0.4, -0.2) is 20.8 Å². The monoisotopic (exact) mass is 381 g/mol. The average molecular weight is 381 g/mol. The Kier molecular flexibility index (Phi) is 4.93. The molecule has 0 radical (unpaired) electrons. The summed E-state index contributed by atoms with van der Waals surface area (Å²) in [5.74, 6) is 0. The van der Waals surface area contributed by atoms with Crippen LogP contribution >= 0.6 is 45.2 Å². The predicted octanol–water partition coefficient (Wildman–Crippen LogP) is 2.30. The van der Waals surface area contributed by atoms with E-state index in [1.54, 1.807) is 0 Å². The van der Waals surface area contributed by atoms with Gasteiger partial charge in [-0.05, 0) is 64.9 Å². The third kappa shape index (κ3) is 4.23. The Morgan fingerprint density at radius 1 is 1.55 bits per heavy atom. The molecule has 0 saturated carbocycles. The van der Waals surface area contributed by atoms with E-state index in [4.69, 9.17) is 4.74 Å². The highest BCUT2D eigenvalue weighted by Gasteiger charge is 2.20. The van der Waals surface area contributed by atoms with E-state index < -0.39 is 0 Å². The van der Waals surface area contributed by atoms with Crippen molar-refractivity contribution in [1.82, 2.24) is 5.32 Å². The van der Waals surface area contributed by atoms with E-state index in [2.05, 4.69) is 57.4 Å². The van der Waals surface area contributed by atoms with Gasteiger partial charge in [-0.25, -0.2) is 0 Å². The molecule has 0 aliphatic carbocycles. The van der Waals surface area contributed by atoms with Crippen LogP contribution in [0.4, 0.5) is 0 Å². The second-order valence-electron chi connectivity index (χ2n) is 2.94. The van der Waals surface area contributed by atoms with Gasteiger partial charge in [-0.2, -0.15) is 0 Å². The van der Waals surface area contributed by atoms with Crippen LogP contribution in [0.25, 0.3) is 0 Å². The molecule has 1 aliphatic rings. The van der Waals surface area contributed by atoms with Crippen LogP contribution in [0.1, 0.15) is 19.8 Å². The van der Waals surface area contributed by atoms with Crippen molar-refractivity contribution in [2.75, 3.05) is 6.61 Å². The SMILES string of the molecule is CC1CC[C@H](COC(I)I)N1. The quantitative estimate of drug-likeness (QED) is 0.599. The summed E-state index contributed by atoms with van der Waals surface area (Å²) in [5, 5.41) is 3.48. The Morgan fingerprint density at radius 3 is 2.73 bits per heavy atom. The minimum atomic E-state index is 0.308. The standard InChI is InChI=1S/C7H13I2NO/c1-5-2-3-6(10-5)4-11-7(8)9/h5-7,10H,2-4H2,1H3/t5?,6-/m1/s1. The molecule has 1 N–H and O–H groups in total. The van der Waals surface area contributed by atoms with Gasteiger partial charge in [0.25, 0.3) is 0 Å². The van der Waals surface area contributed by atoms with Crippen LogP contribution in [0.3, 0.4) is 0 Å². The van der Waals surface area contributed by atoms with Gasteiger partial charge in [-0.3, -0.25) is 0 Å². The van der Waals surface area contributed by atoms with Gasteiger partial charge in [-0.1, -0.05) is 0 Å². The van der Waals surface area contributed by atoms with Gasteiger partial charge in [0, 0.05) is 12.1 Å². The first kappa shape index (κ1) is 10.5. The fourth-order valence-corrected chi connectivity index (χ4v) is 1.76. The van der Waals surface area contributed by atoms with E-state index in [0.717, 1.165) is 6.61 Å². The number of hydrogen-bond donors (Lipinski definition) is 1. The Hall–Kier alpha value is 1.38. The summed E-state index contributed by atoms with van der Waals surface area (Å²) in [6, 6.07) is 1.28. The van der Waals surface area contributed by atoms with Crippen LogP contribution in [0, 0.1) is 0 Å². The maximum Gasteiger partial charge on any atom is 0.159 e. The first-order chi connectivity index (χ1) is 5.18. The molecule has 0 aromatic heterocycles. The Bertz CT molecular complexity index is 121. The van der Waals surface area contributed by atoms with Crippen molar-refractivity contribution in [2.45, 2.75) is 34.0 Å². The molecule has 0 bridgehead atoms. The van der Waals surface area contributed by atoms with E-state index in [1.807, 2.05) is 0 Å². The summed E-state index contributed by atoms with van der Waals surface area (Å²) >= 11 is 4.54. The lowest BCUT2D eigenvalue weighted by atomic mass is 10.2. The molecule has 1 saturated heterocycles. The molecule has 4 heteroatoms. The normalized spacial score (nSPS) is 31.6. The highest BCUT2D eigenvalue weighted by Crippen LogP contribution is 2.16. The molecule has 2 atom stereocenters. The molecule has 0 spiro atoms. The summed E-state index contributed by atoms with van der Waals surface area (Å²) < 4.78 is 5.79. The molecule has 2 nitrogen and oxygen atoms in total. The minimum absolute atomic E-state index is 0.308. The molecule has 11 heavy (non-hydrogen) atoms. The molecular formula is C7H13I2NO. The zero-order chi connectivity index (χ0) is 8.27. The second kappa shape index (κ2) is 5.18. The van der Waals surface area contributed by atoms with Crippen LogP contribution in [-0.2, 0) is 4.74 Å². The van der Waals surface area contributed by atoms with Gasteiger partial charge < -0.3 is 10.1 Å². The van der Waals surface area contributed by atoms with Crippen molar-refractivity contribution >= 4 is 45.2 Å². The molecule has 66 valence electrons. The Labute approximate surface area is 95.1 Å². The van der Waals surface area contributed by atoms with Crippen molar-refractivity contribution < 1.29 is 4.74 Å². The fraction of sp³-hybridized carbons (Fsp3) is 1.00. The van der Waals surface area contributed by atoms with Crippen molar-refractivity contribution in [2.24, 2.45) is 0 Å². The van der Waals surface area contributed by atoms with Gasteiger partial charge >= 0.3 is 0 Å². The molecule has 1 fully saturated rings. The maximum atomic E-state index is 5.48. The van der Waals surface area contributed by atoms with E-state index in [1.165, 1.54) is 12.8 Å². The van der Waals surface area contributed by atoms with E-state index in [-0.39, 0.29) is 0 Å². The molecule has 1 rings (SSSR count). The first-order valence-corrected chi connectivity index (χ1v) is 6.33. The van der Waals surface area contributed by atoms with Gasteiger partial charge in [0.2, 0.25) is 0 Å². The lowest BCUT2D eigenvalue weighted by molar-refractivity contribution is 0.156. The molecule has 0 aromatic rings. The molecule has 1 heterocycles. The largest absolute Gasteiger partial charge is 0.356 e. The summed E-state index contributed by atoms with van der Waals surface area (Å²) in [5.41, 5.74) is 0. The summed E-state index contributed by atoms with van der Waals surface area (Å²) in [6.07, 6.45) is 2.56. The zero-order valence-electron chi connectivity index (χ0n) is 6.52. The number of ether oxygens (including phenoxy) is 1. The summed E-state index contributed by atoms with van der Waals surface area (Å²) in [6.45, 7) is 3.09. The van der Waals surface area contributed by atoms with Gasteiger partial charge in [0.15, 0.2) is 2.12 Å². The molecule has 1 aliphatic heterocycles. The number of alkyl halides is 2. The van der Waals surface area contributed by atoms with Crippen molar-refractivity contribution in [3.05, 3.63) is 0 Å². The molecule has 0 aromatic carbocycles. The van der Waals surface area contributed by atoms with Crippen LogP contribution in [0.15, 0.2) is 0 Å². The van der Waals surface area contributed by atoms with Crippen LogP contribution in [0.5, 0.6) is 0 Å². The predicted molar refractivity (Wildman–Crippen MR) is 63.4 cm³/mol. The number of nitrogens with one attached hydrogen (secondary N) is 1. The fourth-order valence-electron chi connectivity index (χ4n) is 1.34. The van der Waals surface area contributed by atoms with Gasteiger partial charge in [0.1, 0.15) is 0 Å².